The van der Waals surface area contributed by atoms with Crippen molar-refractivity contribution in [3.63, 3.8) is 0 Å². The fraction of sp³-hybridized carbons (Fsp3) is 0.250. The van der Waals surface area contributed by atoms with E-state index in [1.54, 1.807) is 11.1 Å². The maximum absolute atomic E-state index is 12.6. The first kappa shape index (κ1) is 20.4. The second-order valence-electron chi connectivity index (χ2n) is 4.67. The molecule has 0 saturated heterocycles. The van der Waals surface area contributed by atoms with Crippen LogP contribution in [0, 0.1) is 6.92 Å². The monoisotopic (exact) mass is 341 g/mol. The molecule has 0 fully saturated rings. The molecule has 0 aliphatic heterocycles. The largest absolute Gasteiger partial charge is 0.332 e. The van der Waals surface area contributed by atoms with Gasteiger partial charge in [0.1, 0.15) is 5.69 Å². The van der Waals surface area contributed by atoms with Gasteiger partial charge in [-0.1, -0.05) is 36.4 Å². The number of aryl methyl sites for hydroxylation is 1. The molecule has 1 aromatic carbocycles. The Morgan fingerprint density at radius 1 is 1.14 bits per heavy atom. The molecule has 2 aromatic rings. The zero-order chi connectivity index (χ0) is 14.4. The molecule has 1 aromatic heterocycles. The van der Waals surface area contributed by atoms with Crippen LogP contribution >= 0.6 is 24.8 Å². The van der Waals surface area contributed by atoms with Crippen molar-refractivity contribution >= 4 is 30.7 Å². The van der Waals surface area contributed by atoms with Gasteiger partial charge in [-0.05, 0) is 24.1 Å². The van der Waals surface area contributed by atoms with Crippen molar-refractivity contribution in [1.29, 1.82) is 0 Å². The minimum atomic E-state index is -0.0718. The van der Waals surface area contributed by atoms with Gasteiger partial charge in [0.15, 0.2) is 0 Å². The predicted molar refractivity (Wildman–Crippen MR) is 93.7 cm³/mol. The van der Waals surface area contributed by atoms with Crippen LogP contribution in [0.15, 0.2) is 48.7 Å². The van der Waals surface area contributed by atoms with Crippen molar-refractivity contribution in [1.82, 2.24) is 9.88 Å². The van der Waals surface area contributed by atoms with E-state index in [4.69, 9.17) is 5.73 Å². The Labute approximate surface area is 143 Å². The van der Waals surface area contributed by atoms with Crippen molar-refractivity contribution in [3.8, 4) is 0 Å². The quantitative estimate of drug-likeness (QED) is 0.909. The molecular formula is C16H21Cl2N3O. The number of nitrogens with two attached hydrogens (primary N) is 1. The number of carbonyl (C=O) groups is 1. The van der Waals surface area contributed by atoms with Gasteiger partial charge in [0.05, 0.1) is 0 Å². The van der Waals surface area contributed by atoms with E-state index in [2.05, 4.69) is 4.98 Å². The van der Waals surface area contributed by atoms with Crippen LogP contribution in [0.5, 0.6) is 0 Å². The summed E-state index contributed by atoms with van der Waals surface area (Å²) in [6.45, 7) is 3.39. The molecule has 0 radical (unpaired) electrons. The standard InChI is InChI=1S/C16H19N3O.2ClH/c1-13-6-5-10-18-15(13)16(20)19(11-9-17)12-14-7-3-2-4-8-14;;/h2-8,10H,9,11-12,17H2,1H3;2*1H. The molecule has 120 valence electrons. The summed E-state index contributed by atoms with van der Waals surface area (Å²) in [5.41, 5.74) is 8.09. The number of amides is 1. The zero-order valence-electron chi connectivity index (χ0n) is 12.4. The summed E-state index contributed by atoms with van der Waals surface area (Å²) >= 11 is 0. The number of hydrogen-bond acceptors (Lipinski definition) is 3. The van der Waals surface area contributed by atoms with Crippen LogP contribution in [0.2, 0.25) is 0 Å². The van der Waals surface area contributed by atoms with Crippen molar-refractivity contribution in [2.45, 2.75) is 13.5 Å². The highest BCUT2D eigenvalue weighted by atomic mass is 35.5. The topological polar surface area (TPSA) is 59.2 Å². The predicted octanol–water partition coefficient (Wildman–Crippen LogP) is 2.83. The van der Waals surface area contributed by atoms with Crippen LogP contribution in [0.1, 0.15) is 21.6 Å². The molecule has 0 bridgehead atoms. The zero-order valence-corrected chi connectivity index (χ0v) is 14.1. The number of aromatic nitrogens is 1. The average molecular weight is 342 g/mol. The Bertz CT molecular complexity index is 579. The molecular weight excluding hydrogens is 321 g/mol. The van der Waals surface area contributed by atoms with Gasteiger partial charge in [0.25, 0.3) is 5.91 Å². The fourth-order valence-electron chi connectivity index (χ4n) is 2.07. The maximum Gasteiger partial charge on any atom is 0.273 e. The van der Waals surface area contributed by atoms with Gasteiger partial charge < -0.3 is 10.6 Å². The highest BCUT2D eigenvalue weighted by Crippen LogP contribution is 2.11. The lowest BCUT2D eigenvalue weighted by molar-refractivity contribution is 0.0741. The number of pyridine rings is 1. The highest BCUT2D eigenvalue weighted by molar-refractivity contribution is 5.93. The van der Waals surface area contributed by atoms with E-state index < -0.39 is 0 Å². The van der Waals surface area contributed by atoms with Gasteiger partial charge >= 0.3 is 0 Å². The van der Waals surface area contributed by atoms with Gasteiger partial charge in [-0.3, -0.25) is 9.78 Å². The van der Waals surface area contributed by atoms with E-state index in [1.165, 1.54) is 0 Å². The number of nitrogens with zero attached hydrogens (tertiary/aromatic N) is 2. The van der Waals surface area contributed by atoms with E-state index in [0.717, 1.165) is 11.1 Å². The normalized spacial score (nSPS) is 9.36. The van der Waals surface area contributed by atoms with Gasteiger partial charge in [-0.15, -0.1) is 24.8 Å². The van der Waals surface area contributed by atoms with Crippen molar-refractivity contribution in [2.75, 3.05) is 13.1 Å². The number of benzene rings is 1. The van der Waals surface area contributed by atoms with Crippen molar-refractivity contribution < 1.29 is 4.79 Å². The molecule has 4 nitrogen and oxygen atoms in total. The third-order valence-corrected chi connectivity index (χ3v) is 3.11. The Morgan fingerprint density at radius 2 is 1.82 bits per heavy atom. The second-order valence-corrected chi connectivity index (χ2v) is 4.67. The van der Waals surface area contributed by atoms with E-state index >= 15 is 0 Å². The fourth-order valence-corrected chi connectivity index (χ4v) is 2.07. The first-order valence-electron chi connectivity index (χ1n) is 6.67. The van der Waals surface area contributed by atoms with E-state index in [0.29, 0.717) is 25.3 Å². The second kappa shape index (κ2) is 10.2. The summed E-state index contributed by atoms with van der Waals surface area (Å²) in [6, 6.07) is 13.6. The van der Waals surface area contributed by atoms with Crippen LogP contribution in [0.25, 0.3) is 0 Å². The average Bonchev–Trinajstić information content (AvgIpc) is 2.48. The van der Waals surface area contributed by atoms with Gasteiger partial charge in [0, 0.05) is 25.8 Å². The lowest BCUT2D eigenvalue weighted by atomic mass is 10.1. The number of halogens is 2. The smallest absolute Gasteiger partial charge is 0.273 e. The van der Waals surface area contributed by atoms with E-state index in [1.807, 2.05) is 49.4 Å². The van der Waals surface area contributed by atoms with Gasteiger partial charge in [0.2, 0.25) is 0 Å². The van der Waals surface area contributed by atoms with E-state index in [9.17, 15) is 4.79 Å². The third-order valence-electron chi connectivity index (χ3n) is 3.11. The Morgan fingerprint density at radius 3 is 2.41 bits per heavy atom. The molecule has 0 aliphatic rings. The number of rotatable bonds is 5. The maximum atomic E-state index is 12.6. The summed E-state index contributed by atoms with van der Waals surface area (Å²) < 4.78 is 0. The molecule has 0 saturated carbocycles. The SMILES string of the molecule is Cc1cccnc1C(=O)N(CCN)Cc1ccccc1.Cl.Cl. The first-order chi connectivity index (χ1) is 9.72. The molecule has 2 rings (SSSR count). The Kier molecular flexibility index (Phi) is 9.42. The minimum Gasteiger partial charge on any atom is -0.332 e. The molecule has 0 unspecified atom stereocenters. The number of carbonyl (C=O) groups excluding carboxylic acids is 1. The molecule has 6 heteroatoms. The molecule has 2 N–H and O–H groups in total. The lowest BCUT2D eigenvalue weighted by Gasteiger charge is -2.22. The molecule has 22 heavy (non-hydrogen) atoms. The summed E-state index contributed by atoms with van der Waals surface area (Å²) in [5.74, 6) is -0.0718. The summed E-state index contributed by atoms with van der Waals surface area (Å²) in [4.78, 5) is 18.5. The van der Waals surface area contributed by atoms with Crippen LogP contribution in [-0.2, 0) is 6.54 Å². The molecule has 1 amide bonds. The Hall–Kier alpha value is -1.62. The van der Waals surface area contributed by atoms with Crippen molar-refractivity contribution in [2.24, 2.45) is 5.73 Å². The first-order valence-corrected chi connectivity index (χ1v) is 6.67. The summed E-state index contributed by atoms with van der Waals surface area (Å²) in [7, 11) is 0. The van der Waals surface area contributed by atoms with Crippen molar-refractivity contribution in [3.05, 3.63) is 65.5 Å². The van der Waals surface area contributed by atoms with Crippen LogP contribution in [-0.4, -0.2) is 28.9 Å². The molecule has 0 spiro atoms. The van der Waals surface area contributed by atoms with Crippen LogP contribution in [0.4, 0.5) is 0 Å². The van der Waals surface area contributed by atoms with E-state index in [-0.39, 0.29) is 30.7 Å². The molecule has 0 atom stereocenters. The van der Waals surface area contributed by atoms with Gasteiger partial charge in [-0.25, -0.2) is 0 Å². The lowest BCUT2D eigenvalue weighted by Crippen LogP contribution is -2.35. The third kappa shape index (κ3) is 5.30. The minimum absolute atomic E-state index is 0. The molecule has 1 heterocycles. The summed E-state index contributed by atoms with van der Waals surface area (Å²) in [6.07, 6.45) is 1.64. The highest BCUT2D eigenvalue weighted by Gasteiger charge is 2.18. The Balaban J connectivity index is 0.00000220. The summed E-state index contributed by atoms with van der Waals surface area (Å²) in [5, 5.41) is 0. The van der Waals surface area contributed by atoms with Gasteiger partial charge in [-0.2, -0.15) is 0 Å². The van der Waals surface area contributed by atoms with Crippen LogP contribution < -0.4 is 5.73 Å². The number of hydrogen-bond donors (Lipinski definition) is 1. The molecule has 0 aliphatic carbocycles. The van der Waals surface area contributed by atoms with Crippen LogP contribution in [0.3, 0.4) is 0 Å².